The van der Waals surface area contributed by atoms with Crippen LogP contribution in [-0.4, -0.2) is 24.5 Å². The van der Waals surface area contributed by atoms with Crippen molar-refractivity contribution >= 4 is 5.91 Å². The average Bonchev–Trinajstić information content (AvgIpc) is 2.85. The average molecular weight is 208 g/mol. The molecule has 0 radical (unpaired) electrons. The molecule has 2 bridgehead atoms. The molecular formula is C12H20N2O. The molecule has 0 aromatic rings. The molecule has 3 unspecified atom stereocenters. The second-order valence-electron chi connectivity index (χ2n) is 4.54. The fraction of sp³-hybridized carbons (Fsp3) is 0.750. The summed E-state index contributed by atoms with van der Waals surface area (Å²) in [5.74, 6) is 0.480. The van der Waals surface area contributed by atoms with Crippen molar-refractivity contribution < 1.29 is 4.79 Å². The Balaban J connectivity index is 1.72. The van der Waals surface area contributed by atoms with Gasteiger partial charge in [-0.15, -0.1) is 0 Å². The molecular weight excluding hydrogens is 188 g/mol. The Morgan fingerprint density at radius 2 is 2.40 bits per heavy atom. The van der Waals surface area contributed by atoms with Crippen molar-refractivity contribution in [3.8, 4) is 0 Å². The number of rotatable bonds is 4. The van der Waals surface area contributed by atoms with Crippen molar-refractivity contribution in [1.82, 2.24) is 10.6 Å². The minimum absolute atomic E-state index is 0.231. The summed E-state index contributed by atoms with van der Waals surface area (Å²) in [6, 6.07) is 1.07. The molecule has 84 valence electrons. The minimum Gasteiger partial charge on any atom is -0.356 e. The third-order valence-electron chi connectivity index (χ3n) is 3.48. The van der Waals surface area contributed by atoms with Crippen LogP contribution < -0.4 is 10.6 Å². The van der Waals surface area contributed by atoms with Crippen LogP contribution in [0.1, 0.15) is 32.6 Å². The SMILES string of the molecule is C/C=C/CCNC(=O)C1CC2CCC1N2. The molecule has 0 aromatic heterocycles. The maximum Gasteiger partial charge on any atom is 0.224 e. The highest BCUT2D eigenvalue weighted by Crippen LogP contribution is 2.33. The van der Waals surface area contributed by atoms with Gasteiger partial charge in [0, 0.05) is 18.6 Å². The summed E-state index contributed by atoms with van der Waals surface area (Å²) >= 11 is 0. The van der Waals surface area contributed by atoms with E-state index < -0.39 is 0 Å². The van der Waals surface area contributed by atoms with E-state index in [4.69, 9.17) is 0 Å². The highest BCUT2D eigenvalue weighted by molar-refractivity contribution is 5.80. The van der Waals surface area contributed by atoms with E-state index in [9.17, 15) is 4.79 Å². The number of carbonyl (C=O) groups excluding carboxylic acids is 1. The number of allylic oxidation sites excluding steroid dienone is 1. The van der Waals surface area contributed by atoms with Gasteiger partial charge in [-0.25, -0.2) is 0 Å². The van der Waals surface area contributed by atoms with Crippen LogP contribution in [0.25, 0.3) is 0 Å². The predicted octanol–water partition coefficient (Wildman–Crippen LogP) is 1.21. The highest BCUT2D eigenvalue weighted by Gasteiger charge is 2.42. The van der Waals surface area contributed by atoms with Gasteiger partial charge in [0.05, 0.1) is 5.92 Å². The largest absolute Gasteiger partial charge is 0.356 e. The summed E-state index contributed by atoms with van der Waals surface area (Å²) in [5, 5.41) is 6.50. The van der Waals surface area contributed by atoms with E-state index in [0.29, 0.717) is 12.1 Å². The lowest BCUT2D eigenvalue weighted by Gasteiger charge is -2.19. The number of hydrogen-bond donors (Lipinski definition) is 2. The maximum absolute atomic E-state index is 11.8. The zero-order chi connectivity index (χ0) is 10.7. The van der Waals surface area contributed by atoms with Crippen LogP contribution in [0.3, 0.4) is 0 Å². The van der Waals surface area contributed by atoms with Gasteiger partial charge in [0.2, 0.25) is 5.91 Å². The van der Waals surface area contributed by atoms with Crippen molar-refractivity contribution in [3.05, 3.63) is 12.2 Å². The zero-order valence-corrected chi connectivity index (χ0v) is 9.33. The van der Waals surface area contributed by atoms with E-state index in [-0.39, 0.29) is 11.8 Å². The molecule has 3 heteroatoms. The van der Waals surface area contributed by atoms with Crippen LogP contribution >= 0.6 is 0 Å². The minimum atomic E-state index is 0.231. The third kappa shape index (κ3) is 2.40. The smallest absolute Gasteiger partial charge is 0.224 e. The molecule has 1 amide bonds. The molecule has 0 aliphatic carbocycles. The van der Waals surface area contributed by atoms with E-state index >= 15 is 0 Å². The standard InChI is InChI=1S/C12H20N2O/c1-2-3-4-7-13-12(15)10-8-9-5-6-11(10)14-9/h2-3,9-11,14H,4-8H2,1H3,(H,13,15)/b3-2+. The predicted molar refractivity (Wildman–Crippen MR) is 60.5 cm³/mol. The van der Waals surface area contributed by atoms with Gasteiger partial charge in [-0.2, -0.15) is 0 Å². The third-order valence-corrected chi connectivity index (χ3v) is 3.48. The van der Waals surface area contributed by atoms with Crippen molar-refractivity contribution in [2.45, 2.75) is 44.7 Å². The fourth-order valence-corrected chi connectivity index (χ4v) is 2.69. The summed E-state index contributed by atoms with van der Waals surface area (Å²) in [6.07, 6.45) is 8.52. The first kappa shape index (κ1) is 10.7. The Morgan fingerprint density at radius 1 is 1.53 bits per heavy atom. The number of amides is 1. The van der Waals surface area contributed by atoms with Crippen LogP contribution in [0.4, 0.5) is 0 Å². The van der Waals surface area contributed by atoms with Gasteiger partial charge < -0.3 is 10.6 Å². The molecule has 3 nitrogen and oxygen atoms in total. The first-order valence-corrected chi connectivity index (χ1v) is 5.96. The molecule has 2 heterocycles. The van der Waals surface area contributed by atoms with Gasteiger partial charge in [-0.05, 0) is 32.6 Å². The first-order chi connectivity index (χ1) is 7.31. The summed E-state index contributed by atoms with van der Waals surface area (Å²) in [5.41, 5.74) is 0. The quantitative estimate of drug-likeness (QED) is 0.538. The highest BCUT2D eigenvalue weighted by atomic mass is 16.1. The molecule has 2 rings (SSSR count). The number of fused-ring (bicyclic) bond motifs is 2. The second-order valence-corrected chi connectivity index (χ2v) is 4.54. The molecule has 0 aromatic carbocycles. The van der Waals surface area contributed by atoms with Crippen LogP contribution in [-0.2, 0) is 4.79 Å². The van der Waals surface area contributed by atoms with Gasteiger partial charge in [0.15, 0.2) is 0 Å². The normalized spacial score (nSPS) is 33.8. The van der Waals surface area contributed by atoms with Crippen molar-refractivity contribution in [3.63, 3.8) is 0 Å². The lowest BCUT2D eigenvalue weighted by molar-refractivity contribution is -0.125. The molecule has 2 saturated heterocycles. The van der Waals surface area contributed by atoms with Gasteiger partial charge in [-0.1, -0.05) is 12.2 Å². The number of carbonyl (C=O) groups is 1. The van der Waals surface area contributed by atoms with Gasteiger partial charge in [0.25, 0.3) is 0 Å². The summed E-state index contributed by atoms with van der Waals surface area (Å²) in [4.78, 5) is 11.8. The van der Waals surface area contributed by atoms with E-state index in [2.05, 4.69) is 16.7 Å². The molecule has 3 atom stereocenters. The van der Waals surface area contributed by atoms with Gasteiger partial charge >= 0.3 is 0 Å². The number of nitrogens with one attached hydrogen (secondary N) is 2. The van der Waals surface area contributed by atoms with Crippen molar-refractivity contribution in [2.24, 2.45) is 5.92 Å². The van der Waals surface area contributed by atoms with Crippen molar-refractivity contribution in [2.75, 3.05) is 6.54 Å². The summed E-state index contributed by atoms with van der Waals surface area (Å²) < 4.78 is 0. The molecule has 15 heavy (non-hydrogen) atoms. The Morgan fingerprint density at radius 3 is 3.00 bits per heavy atom. The lowest BCUT2D eigenvalue weighted by atomic mass is 9.88. The lowest BCUT2D eigenvalue weighted by Crippen LogP contribution is -2.37. The monoisotopic (exact) mass is 208 g/mol. The summed E-state index contributed by atoms with van der Waals surface area (Å²) in [6.45, 7) is 2.78. The summed E-state index contributed by atoms with van der Waals surface area (Å²) in [7, 11) is 0. The van der Waals surface area contributed by atoms with Crippen LogP contribution in [0.2, 0.25) is 0 Å². The van der Waals surface area contributed by atoms with Crippen LogP contribution in [0.15, 0.2) is 12.2 Å². The molecule has 0 spiro atoms. The molecule has 0 saturated carbocycles. The van der Waals surface area contributed by atoms with E-state index in [1.165, 1.54) is 12.8 Å². The Hall–Kier alpha value is -0.830. The molecule has 2 aliphatic rings. The maximum atomic E-state index is 11.8. The Kier molecular flexibility index (Phi) is 3.41. The Bertz CT molecular complexity index is 262. The second kappa shape index (κ2) is 4.79. The molecule has 2 fully saturated rings. The van der Waals surface area contributed by atoms with Gasteiger partial charge in [-0.3, -0.25) is 4.79 Å². The van der Waals surface area contributed by atoms with Crippen molar-refractivity contribution in [1.29, 1.82) is 0 Å². The van der Waals surface area contributed by atoms with E-state index in [1.807, 2.05) is 13.0 Å². The van der Waals surface area contributed by atoms with Crippen LogP contribution in [0.5, 0.6) is 0 Å². The Labute approximate surface area is 91.3 Å². The zero-order valence-electron chi connectivity index (χ0n) is 9.33. The molecule has 2 aliphatic heterocycles. The molecule has 2 N–H and O–H groups in total. The van der Waals surface area contributed by atoms with Gasteiger partial charge in [0.1, 0.15) is 0 Å². The van der Waals surface area contributed by atoms with E-state index in [1.54, 1.807) is 0 Å². The fourth-order valence-electron chi connectivity index (χ4n) is 2.69. The number of hydrogen-bond acceptors (Lipinski definition) is 2. The van der Waals surface area contributed by atoms with E-state index in [0.717, 1.165) is 19.4 Å². The topological polar surface area (TPSA) is 41.1 Å². The van der Waals surface area contributed by atoms with Crippen LogP contribution in [0, 0.1) is 5.92 Å². The first-order valence-electron chi connectivity index (χ1n) is 5.96.